The van der Waals surface area contributed by atoms with Gasteiger partial charge in [0.25, 0.3) is 5.91 Å². The highest BCUT2D eigenvalue weighted by atomic mass is 32.1. The van der Waals surface area contributed by atoms with E-state index in [1.807, 2.05) is 32.8 Å². The first-order valence-electron chi connectivity index (χ1n) is 5.57. The van der Waals surface area contributed by atoms with Crippen molar-refractivity contribution in [2.75, 3.05) is 30.0 Å². The molecule has 0 atom stereocenters. The third kappa shape index (κ3) is 2.85. The maximum Gasteiger partial charge on any atom is 0.271 e. The minimum atomic E-state index is -0.267. The van der Waals surface area contributed by atoms with Gasteiger partial charge in [-0.2, -0.15) is 0 Å². The van der Waals surface area contributed by atoms with Crippen LogP contribution in [0.1, 0.15) is 20.2 Å². The second kappa shape index (κ2) is 5.14. The average molecular weight is 297 g/mol. The molecule has 0 fully saturated rings. The summed E-state index contributed by atoms with van der Waals surface area (Å²) >= 11 is 2.71. The molecule has 8 heteroatoms. The number of nitrogen functional groups attached to an aromatic ring is 1. The predicted octanol–water partition coefficient (Wildman–Crippen LogP) is 2.12. The van der Waals surface area contributed by atoms with E-state index < -0.39 is 0 Å². The molecule has 0 spiro atoms. The molecule has 0 aliphatic carbocycles. The lowest BCUT2D eigenvalue weighted by Gasteiger charge is -2.04. The number of nitrogens with two attached hydrogens (primary N) is 1. The minimum Gasteiger partial charge on any atom is -0.382 e. The van der Waals surface area contributed by atoms with Crippen LogP contribution in [0.4, 0.5) is 16.1 Å². The molecule has 0 unspecified atom stereocenters. The van der Waals surface area contributed by atoms with Gasteiger partial charge in [0.05, 0.1) is 5.69 Å². The molecule has 0 aromatic carbocycles. The van der Waals surface area contributed by atoms with Crippen LogP contribution >= 0.6 is 22.7 Å². The number of thiazole rings is 2. The number of nitrogens with one attached hydrogen (secondary N) is 1. The topological polar surface area (TPSA) is 84.1 Å². The van der Waals surface area contributed by atoms with Crippen LogP contribution in [0.5, 0.6) is 0 Å². The minimum absolute atomic E-state index is 0.246. The summed E-state index contributed by atoms with van der Waals surface area (Å²) in [6.45, 7) is 3.88. The van der Waals surface area contributed by atoms with Crippen LogP contribution in [-0.2, 0) is 0 Å². The zero-order chi connectivity index (χ0) is 14.2. The van der Waals surface area contributed by atoms with Crippen molar-refractivity contribution in [2.45, 2.75) is 13.8 Å². The number of carbonyl (C=O) groups is 1. The number of nitrogens with zero attached hydrogens (tertiary/aromatic N) is 3. The smallest absolute Gasteiger partial charge is 0.271 e. The summed E-state index contributed by atoms with van der Waals surface area (Å²) < 4.78 is 0. The largest absolute Gasteiger partial charge is 0.382 e. The highest BCUT2D eigenvalue weighted by Gasteiger charge is 2.18. The highest BCUT2D eigenvalue weighted by molar-refractivity contribution is 7.18. The third-order valence-electron chi connectivity index (χ3n) is 2.48. The van der Waals surface area contributed by atoms with Crippen LogP contribution < -0.4 is 16.0 Å². The van der Waals surface area contributed by atoms with Crippen molar-refractivity contribution >= 4 is 44.7 Å². The van der Waals surface area contributed by atoms with Gasteiger partial charge in [0.15, 0.2) is 10.3 Å². The molecule has 2 rings (SSSR count). The van der Waals surface area contributed by atoms with Gasteiger partial charge in [-0.15, -0.1) is 11.3 Å². The summed E-state index contributed by atoms with van der Waals surface area (Å²) in [5.41, 5.74) is 6.69. The Kier molecular flexibility index (Phi) is 3.72. The van der Waals surface area contributed by atoms with E-state index in [1.165, 1.54) is 22.7 Å². The molecule has 3 N–H and O–H groups in total. The van der Waals surface area contributed by atoms with Crippen molar-refractivity contribution in [1.82, 2.24) is 9.97 Å². The summed E-state index contributed by atoms with van der Waals surface area (Å²) in [5.74, 6) is -0.0203. The van der Waals surface area contributed by atoms with Gasteiger partial charge in [0, 0.05) is 19.0 Å². The Bertz CT molecular complexity index is 597. The average Bonchev–Trinajstić information content (AvgIpc) is 2.83. The van der Waals surface area contributed by atoms with Crippen molar-refractivity contribution in [3.05, 3.63) is 15.4 Å². The van der Waals surface area contributed by atoms with Crippen molar-refractivity contribution in [3.63, 3.8) is 0 Å². The number of hydrogen-bond acceptors (Lipinski definition) is 7. The van der Waals surface area contributed by atoms with Crippen LogP contribution in [0, 0.1) is 13.8 Å². The van der Waals surface area contributed by atoms with Crippen LogP contribution in [0.2, 0.25) is 0 Å². The van der Waals surface area contributed by atoms with E-state index in [0.717, 1.165) is 10.6 Å². The molecule has 1 amide bonds. The number of rotatable bonds is 3. The van der Waals surface area contributed by atoms with E-state index in [0.29, 0.717) is 15.1 Å². The third-order valence-corrected chi connectivity index (χ3v) is 4.71. The van der Waals surface area contributed by atoms with Crippen molar-refractivity contribution in [1.29, 1.82) is 0 Å². The van der Waals surface area contributed by atoms with Gasteiger partial charge in [-0.3, -0.25) is 10.1 Å². The van der Waals surface area contributed by atoms with E-state index in [4.69, 9.17) is 5.73 Å². The molecule has 0 saturated heterocycles. The summed E-state index contributed by atoms with van der Waals surface area (Å²) in [7, 11) is 3.71. The van der Waals surface area contributed by atoms with Crippen molar-refractivity contribution < 1.29 is 4.79 Å². The Morgan fingerprint density at radius 2 is 1.95 bits per heavy atom. The molecule has 2 aromatic heterocycles. The summed E-state index contributed by atoms with van der Waals surface area (Å²) in [6, 6.07) is 0. The number of carbonyl (C=O) groups excluding carboxylic acids is 1. The quantitative estimate of drug-likeness (QED) is 0.906. The van der Waals surface area contributed by atoms with E-state index in [9.17, 15) is 4.79 Å². The molecule has 0 radical (unpaired) electrons. The number of aryl methyl sites for hydroxylation is 2. The predicted molar refractivity (Wildman–Crippen MR) is 80.4 cm³/mol. The van der Waals surface area contributed by atoms with E-state index in [-0.39, 0.29) is 11.7 Å². The molecule has 0 aliphatic heterocycles. The first-order valence-corrected chi connectivity index (χ1v) is 7.20. The van der Waals surface area contributed by atoms with Gasteiger partial charge in [0.2, 0.25) is 0 Å². The Morgan fingerprint density at radius 1 is 1.26 bits per heavy atom. The maximum absolute atomic E-state index is 12.1. The second-order valence-corrected chi connectivity index (χ2v) is 6.40. The summed E-state index contributed by atoms with van der Waals surface area (Å²) in [4.78, 5) is 23.8. The Hall–Kier alpha value is -1.67. The van der Waals surface area contributed by atoms with Crippen LogP contribution in [0.15, 0.2) is 0 Å². The molecular formula is C11H15N5OS2. The fourth-order valence-electron chi connectivity index (χ4n) is 1.35. The second-order valence-electron chi connectivity index (χ2n) is 4.22. The van der Waals surface area contributed by atoms with Crippen molar-refractivity contribution in [3.8, 4) is 0 Å². The molecule has 19 heavy (non-hydrogen) atoms. The molecule has 0 saturated carbocycles. The summed E-state index contributed by atoms with van der Waals surface area (Å²) in [5, 5.41) is 4.04. The SMILES string of the molecule is Cc1nc(NC(=O)c2sc(N(C)C)nc2N)sc1C. The number of anilines is 3. The van der Waals surface area contributed by atoms with Crippen molar-refractivity contribution in [2.24, 2.45) is 0 Å². The Labute approximate surface area is 119 Å². The van der Waals surface area contributed by atoms with Crippen LogP contribution in [0.25, 0.3) is 0 Å². The first-order chi connectivity index (χ1) is 8.88. The number of amides is 1. The van der Waals surface area contributed by atoms with Gasteiger partial charge in [-0.05, 0) is 13.8 Å². The lowest BCUT2D eigenvalue weighted by atomic mass is 10.4. The van der Waals surface area contributed by atoms with E-state index in [1.54, 1.807) is 0 Å². The number of aromatic nitrogens is 2. The van der Waals surface area contributed by atoms with Gasteiger partial charge in [0.1, 0.15) is 10.7 Å². The molecule has 2 aromatic rings. The van der Waals surface area contributed by atoms with Gasteiger partial charge >= 0.3 is 0 Å². The molecule has 102 valence electrons. The fourth-order valence-corrected chi connectivity index (χ4v) is 2.97. The maximum atomic E-state index is 12.1. The first kappa shape index (κ1) is 13.8. The lowest BCUT2D eigenvalue weighted by Crippen LogP contribution is -2.11. The Balaban J connectivity index is 2.20. The van der Waals surface area contributed by atoms with Crippen LogP contribution in [0.3, 0.4) is 0 Å². The zero-order valence-electron chi connectivity index (χ0n) is 11.1. The molecule has 0 aliphatic rings. The van der Waals surface area contributed by atoms with Crippen LogP contribution in [-0.4, -0.2) is 30.0 Å². The van der Waals surface area contributed by atoms with Gasteiger partial charge in [-0.1, -0.05) is 11.3 Å². The molecule has 2 heterocycles. The lowest BCUT2D eigenvalue weighted by molar-refractivity contribution is 0.103. The van der Waals surface area contributed by atoms with E-state index in [2.05, 4.69) is 15.3 Å². The summed E-state index contributed by atoms with van der Waals surface area (Å²) in [6.07, 6.45) is 0. The van der Waals surface area contributed by atoms with E-state index >= 15 is 0 Å². The monoisotopic (exact) mass is 297 g/mol. The van der Waals surface area contributed by atoms with Gasteiger partial charge < -0.3 is 10.6 Å². The molecule has 0 bridgehead atoms. The number of hydrogen-bond donors (Lipinski definition) is 2. The molecule has 6 nitrogen and oxygen atoms in total. The normalized spacial score (nSPS) is 10.5. The fraction of sp³-hybridized carbons (Fsp3) is 0.364. The van der Waals surface area contributed by atoms with Gasteiger partial charge in [-0.25, -0.2) is 9.97 Å². The Morgan fingerprint density at radius 3 is 2.42 bits per heavy atom. The molecular weight excluding hydrogens is 282 g/mol. The highest BCUT2D eigenvalue weighted by Crippen LogP contribution is 2.28. The zero-order valence-corrected chi connectivity index (χ0v) is 12.8. The standard InChI is InChI=1S/C11H15N5OS2/c1-5-6(2)18-10(13-5)15-9(17)7-8(12)14-11(19-7)16(3)4/h12H2,1-4H3,(H,13,15,17).